The summed E-state index contributed by atoms with van der Waals surface area (Å²) in [5.74, 6) is 0.869. The second-order valence-electron chi connectivity index (χ2n) is 7.13. The number of anilines is 1. The van der Waals surface area contributed by atoms with Crippen LogP contribution in [0.4, 0.5) is 5.13 Å². The standard InChI is InChI=1S/C22H20N2O5S2/c1-13(2)31(26,27)17-6-4-5-14(10-17)21(25)24-22-23-18(12-30-22)20-11-15-9-16(28-3)7-8-19(15)29-20/h4-13H,1-3H3,(H,23,24,25). The van der Waals surface area contributed by atoms with Crippen LogP contribution in [-0.4, -0.2) is 31.7 Å². The molecule has 0 aliphatic rings. The molecule has 0 aliphatic heterocycles. The summed E-state index contributed by atoms with van der Waals surface area (Å²) in [7, 11) is -1.87. The number of amides is 1. The highest BCUT2D eigenvalue weighted by Crippen LogP contribution is 2.32. The molecule has 0 saturated heterocycles. The molecule has 0 atom stereocenters. The summed E-state index contributed by atoms with van der Waals surface area (Å²) in [6, 6.07) is 13.4. The first-order valence-electron chi connectivity index (χ1n) is 9.47. The smallest absolute Gasteiger partial charge is 0.257 e. The Balaban J connectivity index is 1.55. The number of fused-ring (bicyclic) bond motifs is 1. The summed E-state index contributed by atoms with van der Waals surface area (Å²) in [4.78, 5) is 17.2. The molecule has 2 aromatic carbocycles. The summed E-state index contributed by atoms with van der Waals surface area (Å²) in [6.07, 6.45) is 0. The van der Waals surface area contributed by atoms with Gasteiger partial charge in [0.05, 0.1) is 17.3 Å². The van der Waals surface area contributed by atoms with Gasteiger partial charge in [-0.3, -0.25) is 10.1 Å². The SMILES string of the molecule is COc1ccc2oc(-c3csc(NC(=O)c4cccc(S(=O)(=O)C(C)C)c4)n3)cc2c1. The number of sulfone groups is 1. The molecule has 4 aromatic rings. The average molecular weight is 457 g/mol. The van der Waals surface area contributed by atoms with Crippen molar-refractivity contribution in [2.45, 2.75) is 24.0 Å². The zero-order valence-corrected chi connectivity index (χ0v) is 18.7. The number of hydrogen-bond acceptors (Lipinski definition) is 7. The van der Waals surface area contributed by atoms with E-state index in [0.29, 0.717) is 22.2 Å². The Morgan fingerprint density at radius 3 is 2.71 bits per heavy atom. The third-order valence-electron chi connectivity index (χ3n) is 4.75. The van der Waals surface area contributed by atoms with E-state index in [2.05, 4.69) is 10.3 Å². The molecule has 0 radical (unpaired) electrons. The molecule has 31 heavy (non-hydrogen) atoms. The summed E-state index contributed by atoms with van der Waals surface area (Å²) in [5.41, 5.74) is 1.54. The van der Waals surface area contributed by atoms with Crippen molar-refractivity contribution < 1.29 is 22.4 Å². The van der Waals surface area contributed by atoms with Crippen LogP contribution in [0, 0.1) is 0 Å². The van der Waals surface area contributed by atoms with Crippen molar-refractivity contribution in [3.63, 3.8) is 0 Å². The van der Waals surface area contributed by atoms with E-state index in [1.807, 2.05) is 24.3 Å². The molecule has 160 valence electrons. The van der Waals surface area contributed by atoms with E-state index in [0.717, 1.165) is 11.1 Å². The first-order valence-corrected chi connectivity index (χ1v) is 11.9. The number of methoxy groups -OCH3 is 1. The number of benzene rings is 2. The highest BCUT2D eigenvalue weighted by Gasteiger charge is 2.21. The number of carbonyl (C=O) groups is 1. The van der Waals surface area contributed by atoms with E-state index in [4.69, 9.17) is 9.15 Å². The fourth-order valence-electron chi connectivity index (χ4n) is 2.97. The molecule has 0 aliphatic carbocycles. The quantitative estimate of drug-likeness (QED) is 0.438. The summed E-state index contributed by atoms with van der Waals surface area (Å²) in [6.45, 7) is 3.21. The molecule has 0 fully saturated rings. The first-order chi connectivity index (χ1) is 14.8. The van der Waals surface area contributed by atoms with Crippen LogP contribution in [0.15, 0.2) is 63.2 Å². The summed E-state index contributed by atoms with van der Waals surface area (Å²) in [5, 5.41) is 5.20. The minimum atomic E-state index is -3.47. The van der Waals surface area contributed by atoms with Crippen LogP contribution in [0.25, 0.3) is 22.4 Å². The topological polar surface area (TPSA) is 98.5 Å². The van der Waals surface area contributed by atoms with E-state index in [-0.39, 0.29) is 10.5 Å². The van der Waals surface area contributed by atoms with Crippen molar-refractivity contribution in [3.8, 4) is 17.2 Å². The number of nitrogens with zero attached hydrogens (tertiary/aromatic N) is 1. The van der Waals surface area contributed by atoms with Crippen LogP contribution in [0.5, 0.6) is 5.75 Å². The van der Waals surface area contributed by atoms with E-state index in [1.165, 1.54) is 23.5 Å². The number of hydrogen-bond donors (Lipinski definition) is 1. The third kappa shape index (κ3) is 4.19. The molecule has 1 N–H and O–H groups in total. The lowest BCUT2D eigenvalue weighted by Crippen LogP contribution is -2.16. The highest BCUT2D eigenvalue weighted by molar-refractivity contribution is 7.92. The second-order valence-corrected chi connectivity index (χ2v) is 10.5. The maximum absolute atomic E-state index is 12.6. The Morgan fingerprint density at radius 1 is 1.16 bits per heavy atom. The van der Waals surface area contributed by atoms with Crippen LogP contribution in [0.1, 0.15) is 24.2 Å². The maximum atomic E-state index is 12.6. The zero-order chi connectivity index (χ0) is 22.2. The van der Waals surface area contributed by atoms with Gasteiger partial charge in [0.15, 0.2) is 20.7 Å². The van der Waals surface area contributed by atoms with Crippen LogP contribution in [0.2, 0.25) is 0 Å². The van der Waals surface area contributed by atoms with Crippen molar-refractivity contribution in [3.05, 3.63) is 59.5 Å². The minimum Gasteiger partial charge on any atom is -0.497 e. The third-order valence-corrected chi connectivity index (χ3v) is 7.66. The minimum absolute atomic E-state index is 0.118. The fraction of sp³-hybridized carbons (Fsp3) is 0.182. The van der Waals surface area contributed by atoms with Gasteiger partial charge in [-0.15, -0.1) is 11.3 Å². The molecule has 0 saturated carbocycles. The first kappa shape index (κ1) is 21.1. The van der Waals surface area contributed by atoms with E-state index >= 15 is 0 Å². The summed E-state index contributed by atoms with van der Waals surface area (Å²) < 4.78 is 35.8. The molecular weight excluding hydrogens is 436 g/mol. The van der Waals surface area contributed by atoms with E-state index in [1.54, 1.807) is 38.5 Å². The zero-order valence-electron chi connectivity index (χ0n) is 17.1. The van der Waals surface area contributed by atoms with E-state index in [9.17, 15) is 13.2 Å². The van der Waals surface area contributed by atoms with Crippen LogP contribution < -0.4 is 10.1 Å². The molecule has 2 heterocycles. The number of nitrogens with one attached hydrogen (secondary N) is 1. The maximum Gasteiger partial charge on any atom is 0.257 e. The van der Waals surface area contributed by atoms with Crippen molar-refractivity contribution >= 4 is 43.2 Å². The number of thiazole rings is 1. The number of ether oxygens (including phenoxy) is 1. The van der Waals surface area contributed by atoms with Gasteiger partial charge in [-0.05, 0) is 56.3 Å². The van der Waals surface area contributed by atoms with Crippen LogP contribution in [0.3, 0.4) is 0 Å². The molecule has 0 bridgehead atoms. The molecule has 0 unspecified atom stereocenters. The Morgan fingerprint density at radius 2 is 1.97 bits per heavy atom. The van der Waals surface area contributed by atoms with Crippen molar-refractivity contribution in [2.75, 3.05) is 12.4 Å². The Kier molecular flexibility index (Phi) is 5.55. The monoisotopic (exact) mass is 456 g/mol. The molecule has 9 heteroatoms. The van der Waals surface area contributed by atoms with Gasteiger partial charge in [0, 0.05) is 16.3 Å². The van der Waals surface area contributed by atoms with E-state index < -0.39 is 21.0 Å². The number of carbonyl (C=O) groups excluding carboxylic acids is 1. The van der Waals surface area contributed by atoms with Crippen molar-refractivity contribution in [1.29, 1.82) is 0 Å². The van der Waals surface area contributed by atoms with Crippen LogP contribution >= 0.6 is 11.3 Å². The molecule has 4 rings (SSSR count). The number of furan rings is 1. The largest absolute Gasteiger partial charge is 0.497 e. The van der Waals surface area contributed by atoms with Crippen molar-refractivity contribution in [1.82, 2.24) is 4.98 Å². The molecule has 7 nitrogen and oxygen atoms in total. The van der Waals surface area contributed by atoms with Crippen molar-refractivity contribution in [2.24, 2.45) is 0 Å². The predicted octanol–water partition coefficient (Wildman–Crippen LogP) is 5.00. The molecule has 2 aromatic heterocycles. The van der Waals surface area contributed by atoms with Gasteiger partial charge in [0.2, 0.25) is 0 Å². The van der Waals surface area contributed by atoms with Gasteiger partial charge in [-0.2, -0.15) is 0 Å². The summed E-state index contributed by atoms with van der Waals surface area (Å²) >= 11 is 1.25. The lowest BCUT2D eigenvalue weighted by Gasteiger charge is -2.09. The Hall–Kier alpha value is -3.17. The molecule has 0 spiro atoms. The van der Waals surface area contributed by atoms with Gasteiger partial charge in [0.1, 0.15) is 17.0 Å². The Bertz CT molecular complexity index is 1370. The van der Waals surface area contributed by atoms with Gasteiger partial charge < -0.3 is 9.15 Å². The number of aromatic nitrogens is 1. The number of rotatable bonds is 6. The molecular formula is C22H20N2O5S2. The lowest BCUT2D eigenvalue weighted by molar-refractivity contribution is 0.102. The predicted molar refractivity (Wildman–Crippen MR) is 121 cm³/mol. The average Bonchev–Trinajstić information content (AvgIpc) is 3.39. The van der Waals surface area contributed by atoms with Gasteiger partial charge in [-0.1, -0.05) is 6.07 Å². The van der Waals surface area contributed by atoms with Gasteiger partial charge in [-0.25, -0.2) is 13.4 Å². The molecule has 1 amide bonds. The Labute approximate surface area is 183 Å². The van der Waals surface area contributed by atoms with Crippen LogP contribution in [-0.2, 0) is 9.84 Å². The normalized spacial score (nSPS) is 11.7. The fourth-order valence-corrected chi connectivity index (χ4v) is 4.77. The second kappa shape index (κ2) is 8.16. The highest BCUT2D eigenvalue weighted by atomic mass is 32.2. The lowest BCUT2D eigenvalue weighted by atomic mass is 10.2. The van der Waals surface area contributed by atoms with Gasteiger partial charge >= 0.3 is 0 Å². The van der Waals surface area contributed by atoms with Gasteiger partial charge in [0.25, 0.3) is 5.91 Å².